The van der Waals surface area contributed by atoms with Gasteiger partial charge in [0.25, 0.3) is 5.91 Å². The first-order valence-electron chi connectivity index (χ1n) is 8.03. The van der Waals surface area contributed by atoms with Gasteiger partial charge in [-0.3, -0.25) is 4.79 Å². The fourth-order valence-corrected chi connectivity index (χ4v) is 2.94. The van der Waals surface area contributed by atoms with E-state index in [0.29, 0.717) is 35.4 Å². The summed E-state index contributed by atoms with van der Waals surface area (Å²) in [5.41, 5.74) is 2.39. The van der Waals surface area contributed by atoms with Crippen molar-refractivity contribution in [2.45, 2.75) is 19.8 Å². The van der Waals surface area contributed by atoms with Gasteiger partial charge in [0.1, 0.15) is 12.4 Å². The molecule has 0 saturated heterocycles. The molecule has 0 fully saturated rings. The minimum atomic E-state index is -0.244. The van der Waals surface area contributed by atoms with Crippen molar-refractivity contribution in [2.75, 3.05) is 0 Å². The minimum absolute atomic E-state index is 0.244. The average Bonchev–Trinajstić information content (AvgIpc) is 3.13. The number of carbonyl (C=O) groups is 1. The summed E-state index contributed by atoms with van der Waals surface area (Å²) in [6.07, 6.45) is 1.62. The van der Waals surface area contributed by atoms with E-state index in [2.05, 4.69) is 5.32 Å². The first-order chi connectivity index (χ1) is 12.6. The molecule has 1 heterocycles. The number of carbonyl (C=O) groups excluding carboxylic acids is 1. The first-order valence-corrected chi connectivity index (χ1v) is 8.78. The van der Waals surface area contributed by atoms with Gasteiger partial charge in [-0.15, -0.1) is 0 Å². The number of nitrogens with one attached hydrogen (secondary N) is 1. The van der Waals surface area contributed by atoms with Crippen LogP contribution in [0.25, 0.3) is 0 Å². The van der Waals surface area contributed by atoms with Crippen LogP contribution in [-0.2, 0) is 24.5 Å². The number of furan rings is 1. The predicted molar refractivity (Wildman–Crippen MR) is 101 cm³/mol. The molecule has 3 aromatic rings. The standard InChI is InChI=1S/C20H17Cl2NO3/c21-16-6-7-18(19(22)10-16)20(24)23-11-14-3-1-4-15(9-14)12-25-13-17-5-2-8-26-17/h1-10H,11-13H2,(H,23,24). The Kier molecular flexibility index (Phi) is 6.34. The lowest BCUT2D eigenvalue weighted by molar-refractivity contribution is 0.0928. The molecule has 1 aromatic heterocycles. The topological polar surface area (TPSA) is 51.5 Å². The van der Waals surface area contributed by atoms with Crippen LogP contribution in [0.2, 0.25) is 10.0 Å². The number of rotatable bonds is 7. The molecule has 0 atom stereocenters. The normalized spacial score (nSPS) is 10.7. The van der Waals surface area contributed by atoms with Gasteiger partial charge in [-0.05, 0) is 41.5 Å². The van der Waals surface area contributed by atoms with Crippen molar-refractivity contribution in [3.63, 3.8) is 0 Å². The second-order valence-corrected chi connectivity index (χ2v) is 6.54. The van der Waals surface area contributed by atoms with E-state index in [-0.39, 0.29) is 5.91 Å². The molecule has 2 aromatic carbocycles. The molecule has 26 heavy (non-hydrogen) atoms. The molecule has 3 rings (SSSR count). The molecule has 0 saturated carbocycles. The molecule has 0 spiro atoms. The molecule has 1 N–H and O–H groups in total. The molecule has 134 valence electrons. The molecular formula is C20H17Cl2NO3. The monoisotopic (exact) mass is 389 g/mol. The zero-order valence-corrected chi connectivity index (χ0v) is 15.4. The molecule has 0 aliphatic rings. The lowest BCUT2D eigenvalue weighted by atomic mass is 10.1. The summed E-state index contributed by atoms with van der Waals surface area (Å²) in [6, 6.07) is 16.3. The fraction of sp³-hybridized carbons (Fsp3) is 0.150. The van der Waals surface area contributed by atoms with Gasteiger partial charge < -0.3 is 14.5 Å². The molecule has 4 nitrogen and oxygen atoms in total. The van der Waals surface area contributed by atoms with Crippen LogP contribution in [0.4, 0.5) is 0 Å². The highest BCUT2D eigenvalue weighted by atomic mass is 35.5. The molecule has 1 amide bonds. The second-order valence-electron chi connectivity index (χ2n) is 5.70. The zero-order valence-electron chi connectivity index (χ0n) is 13.9. The summed E-state index contributed by atoms with van der Waals surface area (Å²) < 4.78 is 10.9. The molecule has 6 heteroatoms. The molecule has 0 unspecified atom stereocenters. The van der Waals surface area contributed by atoms with Crippen LogP contribution in [-0.4, -0.2) is 5.91 Å². The van der Waals surface area contributed by atoms with Gasteiger partial charge in [0, 0.05) is 11.6 Å². The highest BCUT2D eigenvalue weighted by Gasteiger charge is 2.10. The SMILES string of the molecule is O=C(NCc1cccc(COCc2ccco2)c1)c1ccc(Cl)cc1Cl. The van der Waals surface area contributed by atoms with Gasteiger partial charge >= 0.3 is 0 Å². The quantitative estimate of drug-likeness (QED) is 0.601. The van der Waals surface area contributed by atoms with Crippen LogP contribution >= 0.6 is 23.2 Å². The Morgan fingerprint density at radius 3 is 2.62 bits per heavy atom. The average molecular weight is 390 g/mol. The van der Waals surface area contributed by atoms with Gasteiger partial charge in [-0.1, -0.05) is 47.5 Å². The van der Waals surface area contributed by atoms with Crippen molar-refractivity contribution >= 4 is 29.1 Å². The Labute approximate surface area is 161 Å². The molecule has 0 radical (unpaired) electrons. The van der Waals surface area contributed by atoms with Crippen molar-refractivity contribution in [3.8, 4) is 0 Å². The number of benzene rings is 2. The van der Waals surface area contributed by atoms with Crippen molar-refractivity contribution in [1.82, 2.24) is 5.32 Å². The van der Waals surface area contributed by atoms with Crippen molar-refractivity contribution in [2.24, 2.45) is 0 Å². The Balaban J connectivity index is 1.54. The maximum absolute atomic E-state index is 12.3. The highest BCUT2D eigenvalue weighted by molar-refractivity contribution is 6.36. The fourth-order valence-electron chi connectivity index (χ4n) is 2.44. The largest absolute Gasteiger partial charge is 0.467 e. The van der Waals surface area contributed by atoms with Crippen LogP contribution in [0.15, 0.2) is 65.3 Å². The van der Waals surface area contributed by atoms with Gasteiger partial charge in [0.2, 0.25) is 0 Å². The highest BCUT2D eigenvalue weighted by Crippen LogP contribution is 2.21. The maximum Gasteiger partial charge on any atom is 0.253 e. The van der Waals surface area contributed by atoms with E-state index in [1.165, 1.54) is 0 Å². The number of halogens is 2. The Hall–Kier alpha value is -2.27. The number of hydrogen-bond acceptors (Lipinski definition) is 3. The summed E-state index contributed by atoms with van der Waals surface area (Å²) in [4.78, 5) is 12.3. The molecule has 0 bridgehead atoms. The summed E-state index contributed by atoms with van der Waals surface area (Å²) in [5, 5.41) is 3.68. The van der Waals surface area contributed by atoms with Gasteiger partial charge in [-0.2, -0.15) is 0 Å². The van der Waals surface area contributed by atoms with E-state index in [9.17, 15) is 4.79 Å². The number of hydrogen-bond donors (Lipinski definition) is 1. The van der Waals surface area contributed by atoms with Crippen LogP contribution in [0.5, 0.6) is 0 Å². The molecule has 0 aliphatic carbocycles. The van der Waals surface area contributed by atoms with Crippen LogP contribution in [0, 0.1) is 0 Å². The third-order valence-electron chi connectivity index (χ3n) is 3.71. The van der Waals surface area contributed by atoms with E-state index < -0.39 is 0 Å². The predicted octanol–water partition coefficient (Wildman–Crippen LogP) is 5.23. The third kappa shape index (κ3) is 5.11. The van der Waals surface area contributed by atoms with Gasteiger partial charge in [0.05, 0.1) is 23.5 Å². The van der Waals surface area contributed by atoms with E-state index in [4.69, 9.17) is 32.4 Å². The summed E-state index contributed by atoms with van der Waals surface area (Å²) >= 11 is 11.9. The smallest absolute Gasteiger partial charge is 0.253 e. The maximum atomic E-state index is 12.3. The lowest BCUT2D eigenvalue weighted by Crippen LogP contribution is -2.23. The van der Waals surface area contributed by atoms with Crippen LogP contribution < -0.4 is 5.32 Å². The number of ether oxygens (including phenoxy) is 1. The van der Waals surface area contributed by atoms with E-state index in [0.717, 1.165) is 16.9 Å². The second kappa shape index (κ2) is 8.90. The minimum Gasteiger partial charge on any atom is -0.467 e. The Morgan fingerprint density at radius 1 is 1.00 bits per heavy atom. The van der Waals surface area contributed by atoms with Crippen molar-refractivity contribution in [3.05, 3.63) is 93.4 Å². The summed E-state index contributed by atoms with van der Waals surface area (Å²) in [5.74, 6) is 0.541. The van der Waals surface area contributed by atoms with Crippen LogP contribution in [0.3, 0.4) is 0 Å². The lowest BCUT2D eigenvalue weighted by Gasteiger charge is -2.09. The Morgan fingerprint density at radius 2 is 1.85 bits per heavy atom. The number of amides is 1. The van der Waals surface area contributed by atoms with E-state index in [1.54, 1.807) is 24.5 Å². The van der Waals surface area contributed by atoms with Crippen LogP contribution in [0.1, 0.15) is 27.2 Å². The van der Waals surface area contributed by atoms with E-state index >= 15 is 0 Å². The Bertz CT molecular complexity index is 879. The summed E-state index contributed by atoms with van der Waals surface area (Å²) in [6.45, 7) is 1.28. The first kappa shape index (κ1) is 18.5. The molecular weight excluding hydrogens is 373 g/mol. The van der Waals surface area contributed by atoms with Gasteiger partial charge in [-0.25, -0.2) is 0 Å². The van der Waals surface area contributed by atoms with E-state index in [1.807, 2.05) is 36.4 Å². The molecule has 0 aliphatic heterocycles. The van der Waals surface area contributed by atoms with Crippen molar-refractivity contribution < 1.29 is 13.9 Å². The summed E-state index contributed by atoms with van der Waals surface area (Å²) in [7, 11) is 0. The van der Waals surface area contributed by atoms with Gasteiger partial charge in [0.15, 0.2) is 0 Å². The van der Waals surface area contributed by atoms with Crippen molar-refractivity contribution in [1.29, 1.82) is 0 Å². The zero-order chi connectivity index (χ0) is 18.4. The third-order valence-corrected chi connectivity index (χ3v) is 4.26.